The zero-order chi connectivity index (χ0) is 9.84. The fourth-order valence-electron chi connectivity index (χ4n) is 0.873. The molecule has 0 amide bonds. The Kier molecular flexibility index (Phi) is 3.13. The van der Waals surface area contributed by atoms with E-state index in [0.29, 0.717) is 0 Å². The lowest BCUT2D eigenvalue weighted by molar-refractivity contribution is -0.431. The highest BCUT2D eigenvalue weighted by Crippen LogP contribution is 2.17. The number of hydrogen-bond donors (Lipinski definition) is 0. The zero-order valence-corrected chi connectivity index (χ0v) is 8.25. The van der Waals surface area contributed by atoms with Crippen molar-refractivity contribution in [3.05, 3.63) is 32.4 Å². The molecular formula is C8H10N2O2S. The quantitative estimate of drug-likeness (QED) is 0.553. The maximum atomic E-state index is 10.6. The Morgan fingerprint density at radius 3 is 2.85 bits per heavy atom. The summed E-state index contributed by atoms with van der Waals surface area (Å²) in [5, 5.41) is 10.6. The second-order valence-corrected chi connectivity index (χ2v) is 3.80. The number of nitro groups is 1. The van der Waals surface area contributed by atoms with E-state index in [2.05, 4.69) is 4.98 Å². The minimum absolute atomic E-state index is 0.0721. The fraction of sp³-hybridized carbons (Fsp3) is 0.375. The normalized spacial score (nSPS) is 12.1. The summed E-state index contributed by atoms with van der Waals surface area (Å²) in [4.78, 5) is 14.9. The molecule has 4 nitrogen and oxygen atoms in total. The summed E-state index contributed by atoms with van der Waals surface area (Å²) in [6.45, 7) is 3.60. The Morgan fingerprint density at radius 2 is 2.46 bits per heavy atom. The summed E-state index contributed by atoms with van der Waals surface area (Å²) in [5.41, 5.74) is 1.88. The first-order valence-corrected chi connectivity index (χ1v) is 4.73. The number of hydrogen-bond acceptors (Lipinski definition) is 4. The van der Waals surface area contributed by atoms with E-state index in [1.807, 2.05) is 0 Å². The van der Waals surface area contributed by atoms with Crippen molar-refractivity contribution in [2.75, 3.05) is 0 Å². The van der Waals surface area contributed by atoms with Gasteiger partial charge in [0.25, 0.3) is 0 Å². The Bertz CT molecular complexity index is 317. The predicted octanol–water partition coefficient (Wildman–Crippen LogP) is 2.42. The van der Waals surface area contributed by atoms with Gasteiger partial charge in [0, 0.05) is 18.2 Å². The molecule has 0 N–H and O–H groups in total. The van der Waals surface area contributed by atoms with Gasteiger partial charge in [-0.1, -0.05) is 13.8 Å². The van der Waals surface area contributed by atoms with Gasteiger partial charge in [-0.2, -0.15) is 0 Å². The van der Waals surface area contributed by atoms with Crippen LogP contribution in [0.5, 0.6) is 0 Å². The van der Waals surface area contributed by atoms with Gasteiger partial charge in [0.05, 0.1) is 15.3 Å². The summed E-state index contributed by atoms with van der Waals surface area (Å²) in [6, 6.07) is 0. The molecule has 0 radical (unpaired) electrons. The second kappa shape index (κ2) is 4.13. The SMILES string of the molecule is CC(C)/C(=C\c1cncs1)[N+](=O)[O-]. The average Bonchev–Trinajstić information content (AvgIpc) is 2.50. The lowest BCUT2D eigenvalue weighted by Gasteiger charge is -1.99. The molecule has 0 atom stereocenters. The Hall–Kier alpha value is -1.23. The fourth-order valence-corrected chi connectivity index (χ4v) is 1.43. The Labute approximate surface area is 80.1 Å². The van der Waals surface area contributed by atoms with Crippen LogP contribution in [0.4, 0.5) is 0 Å². The summed E-state index contributed by atoms with van der Waals surface area (Å²) < 4.78 is 0. The molecule has 0 aromatic carbocycles. The van der Waals surface area contributed by atoms with Crippen LogP contribution in [0.3, 0.4) is 0 Å². The lowest BCUT2D eigenvalue weighted by atomic mass is 10.1. The van der Waals surface area contributed by atoms with E-state index in [1.165, 1.54) is 11.3 Å². The molecule has 0 aliphatic heterocycles. The summed E-state index contributed by atoms with van der Waals surface area (Å²) >= 11 is 1.39. The van der Waals surface area contributed by atoms with Crippen molar-refractivity contribution in [2.24, 2.45) is 5.92 Å². The highest BCUT2D eigenvalue weighted by atomic mass is 32.1. The molecule has 0 spiro atoms. The van der Waals surface area contributed by atoms with Crippen molar-refractivity contribution in [3.63, 3.8) is 0 Å². The van der Waals surface area contributed by atoms with E-state index in [4.69, 9.17) is 0 Å². The van der Waals surface area contributed by atoms with Crippen molar-refractivity contribution in [1.29, 1.82) is 0 Å². The molecule has 0 aliphatic rings. The monoisotopic (exact) mass is 198 g/mol. The standard InChI is InChI=1S/C8H10N2O2S/c1-6(2)8(10(11)12)3-7-4-9-5-13-7/h3-6H,1-2H3/b8-3+. The van der Waals surface area contributed by atoms with Gasteiger partial charge in [-0.15, -0.1) is 11.3 Å². The third-order valence-corrected chi connectivity index (χ3v) is 2.27. The highest BCUT2D eigenvalue weighted by molar-refractivity contribution is 7.10. The van der Waals surface area contributed by atoms with E-state index in [-0.39, 0.29) is 16.5 Å². The average molecular weight is 198 g/mol. The largest absolute Gasteiger partial charge is 0.259 e. The molecule has 0 saturated heterocycles. The van der Waals surface area contributed by atoms with Crippen molar-refractivity contribution in [1.82, 2.24) is 4.98 Å². The van der Waals surface area contributed by atoms with Gasteiger partial charge < -0.3 is 0 Å². The van der Waals surface area contributed by atoms with Gasteiger partial charge in [-0.25, -0.2) is 0 Å². The number of thiazole rings is 1. The van der Waals surface area contributed by atoms with Crippen LogP contribution in [0.1, 0.15) is 18.7 Å². The lowest BCUT2D eigenvalue weighted by Crippen LogP contribution is -2.04. The molecule has 0 fully saturated rings. The topological polar surface area (TPSA) is 56.0 Å². The first-order valence-electron chi connectivity index (χ1n) is 3.85. The number of allylic oxidation sites excluding steroid dienone is 1. The van der Waals surface area contributed by atoms with Gasteiger partial charge in [0.2, 0.25) is 5.70 Å². The summed E-state index contributed by atoms with van der Waals surface area (Å²) in [7, 11) is 0. The molecule has 1 aromatic rings. The van der Waals surface area contributed by atoms with Crippen LogP contribution >= 0.6 is 11.3 Å². The Balaban J connectivity index is 2.94. The predicted molar refractivity (Wildman–Crippen MR) is 51.9 cm³/mol. The smallest absolute Gasteiger partial charge is 0.250 e. The van der Waals surface area contributed by atoms with Crippen molar-refractivity contribution in [3.8, 4) is 0 Å². The van der Waals surface area contributed by atoms with Crippen molar-refractivity contribution in [2.45, 2.75) is 13.8 Å². The van der Waals surface area contributed by atoms with Crippen molar-refractivity contribution >= 4 is 17.4 Å². The molecule has 0 bridgehead atoms. The maximum Gasteiger partial charge on any atom is 0.250 e. The maximum absolute atomic E-state index is 10.6. The van der Waals surface area contributed by atoms with Gasteiger partial charge >= 0.3 is 0 Å². The van der Waals surface area contributed by atoms with Gasteiger partial charge in [-0.3, -0.25) is 15.1 Å². The molecule has 1 rings (SSSR count). The van der Waals surface area contributed by atoms with Crippen molar-refractivity contribution < 1.29 is 4.92 Å². The van der Waals surface area contributed by atoms with Crippen LogP contribution in [0.2, 0.25) is 0 Å². The molecule has 1 aromatic heterocycles. The highest BCUT2D eigenvalue weighted by Gasteiger charge is 2.15. The van der Waals surface area contributed by atoms with Crippen LogP contribution in [0.15, 0.2) is 17.4 Å². The number of aromatic nitrogens is 1. The molecule has 13 heavy (non-hydrogen) atoms. The first-order chi connectivity index (χ1) is 6.11. The van der Waals surface area contributed by atoms with Gasteiger partial charge in [0.1, 0.15) is 0 Å². The van der Waals surface area contributed by atoms with Crippen LogP contribution in [0, 0.1) is 16.0 Å². The number of nitrogens with zero attached hydrogens (tertiary/aromatic N) is 2. The zero-order valence-electron chi connectivity index (χ0n) is 7.43. The first kappa shape index (κ1) is 9.85. The molecular weight excluding hydrogens is 188 g/mol. The summed E-state index contributed by atoms with van der Waals surface area (Å²) in [6.07, 6.45) is 3.19. The second-order valence-electron chi connectivity index (χ2n) is 2.88. The van der Waals surface area contributed by atoms with Crippen LogP contribution < -0.4 is 0 Å². The van der Waals surface area contributed by atoms with E-state index in [1.54, 1.807) is 31.6 Å². The molecule has 0 aliphatic carbocycles. The molecule has 0 unspecified atom stereocenters. The van der Waals surface area contributed by atoms with Crippen LogP contribution in [-0.4, -0.2) is 9.91 Å². The third-order valence-electron chi connectivity index (χ3n) is 1.54. The molecule has 5 heteroatoms. The molecule has 1 heterocycles. The minimum Gasteiger partial charge on any atom is -0.259 e. The van der Waals surface area contributed by atoms with Gasteiger partial charge in [0.15, 0.2) is 0 Å². The minimum atomic E-state index is -0.343. The van der Waals surface area contributed by atoms with Crippen LogP contribution in [-0.2, 0) is 0 Å². The molecule has 0 saturated carbocycles. The Morgan fingerprint density at radius 1 is 1.77 bits per heavy atom. The molecule has 70 valence electrons. The van der Waals surface area contributed by atoms with Crippen LogP contribution in [0.25, 0.3) is 6.08 Å². The van der Waals surface area contributed by atoms with Gasteiger partial charge in [-0.05, 0) is 0 Å². The number of rotatable bonds is 3. The van der Waals surface area contributed by atoms with E-state index in [0.717, 1.165) is 4.88 Å². The summed E-state index contributed by atoms with van der Waals surface area (Å²) in [5.74, 6) is -0.0721. The van der Waals surface area contributed by atoms with E-state index in [9.17, 15) is 10.1 Å². The van der Waals surface area contributed by atoms with E-state index < -0.39 is 0 Å². The van der Waals surface area contributed by atoms with E-state index >= 15 is 0 Å². The third kappa shape index (κ3) is 2.62.